The van der Waals surface area contributed by atoms with Crippen molar-refractivity contribution in [2.75, 3.05) is 18.4 Å². The summed E-state index contributed by atoms with van der Waals surface area (Å²) < 4.78 is 19.7. The maximum Gasteiger partial charge on any atom is 0.410 e. The average Bonchev–Trinajstić information content (AvgIpc) is 3.54. The second kappa shape index (κ2) is 12.3. The van der Waals surface area contributed by atoms with E-state index in [1.165, 1.54) is 0 Å². The molecule has 0 radical (unpaired) electrons. The fourth-order valence-corrected chi connectivity index (χ4v) is 5.84. The first-order chi connectivity index (χ1) is 19.7. The van der Waals surface area contributed by atoms with Crippen LogP contribution in [0.3, 0.4) is 0 Å². The number of hydrogen-bond acceptors (Lipinski definition) is 6. The number of piperidine rings is 1. The Morgan fingerprint density at radius 3 is 2.41 bits per heavy atom. The van der Waals surface area contributed by atoms with E-state index in [1.807, 2.05) is 98.3 Å². The van der Waals surface area contributed by atoms with Crippen molar-refractivity contribution in [3.63, 3.8) is 0 Å². The van der Waals surface area contributed by atoms with Crippen molar-refractivity contribution < 1.29 is 23.8 Å². The molecule has 2 aromatic heterocycles. The lowest BCUT2D eigenvalue weighted by Crippen LogP contribution is -2.44. The minimum atomic E-state index is -0.497. The number of hydrogen-bond donors (Lipinski definition) is 1. The van der Waals surface area contributed by atoms with Crippen molar-refractivity contribution in [2.24, 2.45) is 0 Å². The second-order valence-electron chi connectivity index (χ2n) is 11.1. The Kier molecular flexibility index (Phi) is 8.54. The van der Waals surface area contributed by atoms with Crippen LogP contribution in [-0.2, 0) is 17.9 Å². The van der Waals surface area contributed by atoms with Gasteiger partial charge in [-0.1, -0.05) is 18.2 Å². The van der Waals surface area contributed by atoms with Gasteiger partial charge in [-0.25, -0.2) is 4.79 Å². The van der Waals surface area contributed by atoms with E-state index in [4.69, 9.17) is 14.2 Å². The molecule has 8 nitrogen and oxygen atoms in total. The normalized spacial score (nSPS) is 14.2. The molecule has 0 aliphatic carbocycles. The number of anilines is 1. The van der Waals surface area contributed by atoms with Crippen molar-refractivity contribution >= 4 is 39.2 Å². The van der Waals surface area contributed by atoms with Crippen LogP contribution in [0, 0.1) is 0 Å². The Balaban J connectivity index is 1.14. The first kappa shape index (κ1) is 28.5. The van der Waals surface area contributed by atoms with Gasteiger partial charge in [-0.15, -0.1) is 11.3 Å². The summed E-state index contributed by atoms with van der Waals surface area (Å²) in [5.74, 6) is 1.33. The molecule has 4 aromatic rings. The highest BCUT2D eigenvalue weighted by atomic mass is 32.1. The average molecular weight is 576 g/mol. The third-order valence-electron chi connectivity index (χ3n) is 6.93. The third-order valence-corrected chi connectivity index (χ3v) is 7.88. The Morgan fingerprint density at radius 1 is 1.00 bits per heavy atom. The lowest BCUT2D eigenvalue weighted by Gasteiger charge is -2.33. The maximum absolute atomic E-state index is 13.2. The summed E-state index contributed by atoms with van der Waals surface area (Å²) in [6.45, 7) is 9.92. The van der Waals surface area contributed by atoms with Gasteiger partial charge in [0.1, 0.15) is 40.3 Å². The van der Waals surface area contributed by atoms with Gasteiger partial charge >= 0.3 is 6.09 Å². The number of aryl methyl sites for hydroxylation is 1. The van der Waals surface area contributed by atoms with Crippen LogP contribution >= 0.6 is 11.3 Å². The van der Waals surface area contributed by atoms with Gasteiger partial charge in [0.2, 0.25) is 0 Å². The molecule has 5 rings (SSSR count). The third kappa shape index (κ3) is 7.03. The van der Waals surface area contributed by atoms with Crippen LogP contribution in [0.5, 0.6) is 11.5 Å². The monoisotopic (exact) mass is 575 g/mol. The zero-order valence-corrected chi connectivity index (χ0v) is 24.8. The van der Waals surface area contributed by atoms with Crippen molar-refractivity contribution in [1.29, 1.82) is 0 Å². The molecular weight excluding hydrogens is 538 g/mol. The van der Waals surface area contributed by atoms with Gasteiger partial charge in [-0.05, 0) is 75.5 Å². The smallest absolute Gasteiger partial charge is 0.410 e. The van der Waals surface area contributed by atoms with Gasteiger partial charge < -0.3 is 29.0 Å². The number of benzene rings is 2. The standard InChI is InChI=1S/C32H37N3O5S/c1-5-35-28(20-22-16-19-41-30(22)35)29(36)33-27-9-7-6-8-23(27)21-38-24-10-12-25(13-11-24)39-26-14-17-34(18-15-26)31(37)40-32(2,3)4/h6-13,16,19-20,26H,5,14-15,17-18,21H2,1-4H3,(H,33,36). The van der Waals surface area contributed by atoms with Gasteiger partial charge in [0.15, 0.2) is 0 Å². The molecule has 0 unspecified atom stereocenters. The highest BCUT2D eigenvalue weighted by Gasteiger charge is 2.27. The summed E-state index contributed by atoms with van der Waals surface area (Å²) in [6, 6.07) is 19.2. The molecule has 2 amide bonds. The number of amides is 2. The number of ether oxygens (including phenoxy) is 3. The lowest BCUT2D eigenvalue weighted by atomic mass is 10.1. The SMILES string of the molecule is CCn1c(C(=O)Nc2ccccc2COc2ccc(OC3CCN(C(=O)OC(C)(C)C)CC3)cc2)cc2ccsc21. The van der Waals surface area contributed by atoms with E-state index in [9.17, 15) is 9.59 Å². The number of carbonyl (C=O) groups excluding carboxylic acids is 2. The summed E-state index contributed by atoms with van der Waals surface area (Å²) in [7, 11) is 0. The molecule has 0 spiro atoms. The molecule has 0 saturated carbocycles. The van der Waals surface area contributed by atoms with E-state index in [0.29, 0.717) is 31.1 Å². The highest BCUT2D eigenvalue weighted by molar-refractivity contribution is 7.16. The maximum atomic E-state index is 13.2. The van der Waals surface area contributed by atoms with Crippen molar-refractivity contribution in [2.45, 2.75) is 65.4 Å². The van der Waals surface area contributed by atoms with Crippen molar-refractivity contribution in [3.05, 3.63) is 77.3 Å². The number of rotatable bonds is 8. The molecule has 3 heterocycles. The molecule has 41 heavy (non-hydrogen) atoms. The Hall–Kier alpha value is -3.98. The lowest BCUT2D eigenvalue weighted by molar-refractivity contribution is 0.0126. The van der Waals surface area contributed by atoms with Crippen molar-refractivity contribution in [3.8, 4) is 11.5 Å². The predicted molar refractivity (Wildman–Crippen MR) is 162 cm³/mol. The fourth-order valence-electron chi connectivity index (χ4n) is 4.88. The molecule has 0 atom stereocenters. The minimum Gasteiger partial charge on any atom is -0.490 e. The number of carbonyl (C=O) groups is 2. The topological polar surface area (TPSA) is 82.0 Å². The second-order valence-corrected chi connectivity index (χ2v) is 12.0. The molecule has 1 aliphatic rings. The Bertz CT molecular complexity index is 1490. The molecule has 9 heteroatoms. The van der Waals surface area contributed by atoms with E-state index in [1.54, 1.807) is 16.2 Å². The van der Waals surface area contributed by atoms with E-state index in [2.05, 4.69) is 5.32 Å². The Morgan fingerprint density at radius 2 is 1.71 bits per heavy atom. The van der Waals surface area contributed by atoms with Gasteiger partial charge in [0.25, 0.3) is 5.91 Å². The Labute approximate surface area is 244 Å². The quantitative estimate of drug-likeness (QED) is 0.238. The number of fused-ring (bicyclic) bond motifs is 1. The zero-order chi connectivity index (χ0) is 29.0. The summed E-state index contributed by atoms with van der Waals surface area (Å²) >= 11 is 1.64. The van der Waals surface area contributed by atoms with Gasteiger partial charge in [-0.2, -0.15) is 0 Å². The van der Waals surface area contributed by atoms with Crippen LogP contribution in [0.15, 0.2) is 66.0 Å². The largest absolute Gasteiger partial charge is 0.490 e. The minimum absolute atomic E-state index is 0.0422. The number of nitrogens with zero attached hydrogens (tertiary/aromatic N) is 2. The molecule has 1 saturated heterocycles. The van der Waals surface area contributed by atoms with Crippen LogP contribution in [0.1, 0.15) is 56.6 Å². The molecule has 2 aromatic carbocycles. The fraction of sp³-hybridized carbons (Fsp3) is 0.375. The van der Waals surface area contributed by atoms with E-state index in [-0.39, 0.29) is 18.1 Å². The number of aromatic nitrogens is 1. The molecule has 1 fully saturated rings. The molecule has 1 N–H and O–H groups in total. The van der Waals surface area contributed by atoms with E-state index < -0.39 is 5.60 Å². The van der Waals surface area contributed by atoms with Gasteiger partial charge in [0.05, 0.1) is 0 Å². The molecular formula is C32H37N3O5S. The zero-order valence-electron chi connectivity index (χ0n) is 24.0. The highest BCUT2D eigenvalue weighted by Crippen LogP contribution is 2.27. The number of nitrogens with one attached hydrogen (secondary N) is 1. The molecule has 0 bridgehead atoms. The van der Waals surface area contributed by atoms with Crippen LogP contribution in [0.4, 0.5) is 10.5 Å². The predicted octanol–water partition coefficient (Wildman–Crippen LogP) is 7.33. The number of likely N-dealkylation sites (tertiary alicyclic amines) is 1. The van der Waals surface area contributed by atoms with Crippen LogP contribution in [0.2, 0.25) is 0 Å². The number of para-hydroxylation sites is 1. The van der Waals surface area contributed by atoms with E-state index >= 15 is 0 Å². The van der Waals surface area contributed by atoms with Gasteiger partial charge in [-0.3, -0.25) is 4.79 Å². The molecule has 1 aliphatic heterocycles. The summed E-state index contributed by atoms with van der Waals surface area (Å²) in [6.07, 6.45) is 1.27. The van der Waals surface area contributed by atoms with Crippen molar-refractivity contribution in [1.82, 2.24) is 9.47 Å². The van der Waals surface area contributed by atoms with Crippen LogP contribution in [-0.4, -0.2) is 46.3 Å². The summed E-state index contributed by atoms with van der Waals surface area (Å²) in [5.41, 5.74) is 1.76. The number of thiophene rings is 1. The summed E-state index contributed by atoms with van der Waals surface area (Å²) in [5, 5.41) is 6.20. The molecule has 216 valence electrons. The van der Waals surface area contributed by atoms with Gasteiger partial charge in [0, 0.05) is 49.1 Å². The van der Waals surface area contributed by atoms with E-state index in [0.717, 1.165) is 46.6 Å². The summed E-state index contributed by atoms with van der Waals surface area (Å²) in [4.78, 5) is 28.3. The van der Waals surface area contributed by atoms with Crippen LogP contribution in [0.25, 0.3) is 10.2 Å². The van der Waals surface area contributed by atoms with Crippen LogP contribution < -0.4 is 14.8 Å². The first-order valence-electron chi connectivity index (χ1n) is 14.0. The first-order valence-corrected chi connectivity index (χ1v) is 14.9.